The third kappa shape index (κ3) is 45.5. The lowest BCUT2D eigenvalue weighted by atomic mass is 10.0. The van der Waals surface area contributed by atoms with Crippen molar-refractivity contribution in [3.63, 3.8) is 0 Å². The normalized spacial score (nSPS) is 10.9. The molecular weight excluding hydrogens is 770 g/mol. The Morgan fingerprint density at radius 3 is 1.03 bits per heavy atom. The van der Waals surface area contributed by atoms with Gasteiger partial charge in [0.2, 0.25) is 29.5 Å². The first-order valence-electron chi connectivity index (χ1n) is 21.7. The van der Waals surface area contributed by atoms with E-state index in [0.29, 0.717) is 71.7 Å². The molecule has 59 heavy (non-hydrogen) atoms. The highest BCUT2D eigenvalue weighted by molar-refractivity contribution is 5.78. The number of carbonyl (C=O) groups excluding carboxylic acids is 5. The minimum atomic E-state index is -0.697. The molecule has 0 rings (SSSR count). The number of aliphatic carboxylic acids is 1. The number of unbranched alkanes of at least 4 members (excludes halogenated alkanes) is 13. The van der Waals surface area contributed by atoms with Gasteiger partial charge in [0.05, 0.1) is 59.5 Å². The summed E-state index contributed by atoms with van der Waals surface area (Å²) in [6.45, 7) is 3.71. The number of rotatable bonds is 45. The molecule has 0 aromatic carbocycles. The monoisotopic (exact) mass is 848 g/mol. The summed E-state index contributed by atoms with van der Waals surface area (Å²) in [6, 6.07) is 0. The number of likely N-dealkylation sites (N-methyl/N-ethyl adjacent to an activating group) is 1. The van der Waals surface area contributed by atoms with E-state index in [2.05, 4.69) is 26.6 Å². The Labute approximate surface area is 352 Å². The van der Waals surface area contributed by atoms with Gasteiger partial charge in [0.25, 0.3) is 0 Å². The second-order valence-electron chi connectivity index (χ2n) is 14.0. The van der Waals surface area contributed by atoms with Crippen molar-refractivity contribution in [3.05, 3.63) is 0 Å². The van der Waals surface area contributed by atoms with Gasteiger partial charge >= 0.3 is 5.97 Å². The van der Waals surface area contributed by atoms with Crippen LogP contribution in [0, 0.1) is 0 Å². The van der Waals surface area contributed by atoms with E-state index in [4.69, 9.17) is 33.5 Å². The number of carboxylic acids is 1. The highest BCUT2D eigenvalue weighted by atomic mass is 16.5. The van der Waals surface area contributed by atoms with Crippen LogP contribution in [0.5, 0.6) is 0 Å². The van der Waals surface area contributed by atoms with Crippen LogP contribution < -0.4 is 26.6 Å². The van der Waals surface area contributed by atoms with E-state index in [1.54, 1.807) is 0 Å². The molecule has 0 saturated carbocycles. The maximum atomic E-state index is 12.1. The van der Waals surface area contributed by atoms with Crippen LogP contribution >= 0.6 is 0 Å². The zero-order chi connectivity index (χ0) is 43.3. The summed E-state index contributed by atoms with van der Waals surface area (Å²) in [5, 5.41) is 22.1. The van der Waals surface area contributed by atoms with Gasteiger partial charge in [0, 0.05) is 52.5 Å². The number of ether oxygens (including phenoxy) is 6. The third-order valence-electron chi connectivity index (χ3n) is 8.75. The molecule has 0 unspecified atom stereocenters. The maximum Gasteiger partial charge on any atom is 0.303 e. The minimum Gasteiger partial charge on any atom is -0.481 e. The molecule has 18 nitrogen and oxygen atoms in total. The quantitative estimate of drug-likeness (QED) is 0.0484. The van der Waals surface area contributed by atoms with E-state index < -0.39 is 5.97 Å². The van der Waals surface area contributed by atoms with Crippen molar-refractivity contribution in [1.82, 2.24) is 26.6 Å². The first-order chi connectivity index (χ1) is 28.7. The lowest BCUT2D eigenvalue weighted by molar-refractivity contribution is -0.137. The summed E-state index contributed by atoms with van der Waals surface area (Å²) in [4.78, 5) is 69.2. The van der Waals surface area contributed by atoms with Crippen LogP contribution in [0.1, 0.15) is 116 Å². The zero-order valence-corrected chi connectivity index (χ0v) is 35.9. The van der Waals surface area contributed by atoms with Crippen LogP contribution in [0.3, 0.4) is 0 Å². The van der Waals surface area contributed by atoms with E-state index >= 15 is 0 Å². The van der Waals surface area contributed by atoms with Gasteiger partial charge in [-0.15, -0.1) is 0 Å². The molecule has 0 aromatic heterocycles. The summed E-state index contributed by atoms with van der Waals surface area (Å²) >= 11 is 0. The van der Waals surface area contributed by atoms with Crippen molar-refractivity contribution in [2.24, 2.45) is 0 Å². The van der Waals surface area contributed by atoms with E-state index in [1.165, 1.54) is 58.4 Å². The summed E-state index contributed by atoms with van der Waals surface area (Å²) in [5.74, 6) is -1.53. The van der Waals surface area contributed by atoms with Gasteiger partial charge in [-0.2, -0.15) is 0 Å². The van der Waals surface area contributed by atoms with E-state index in [-0.39, 0.29) is 89.0 Å². The molecule has 0 radical (unpaired) electrons. The van der Waals surface area contributed by atoms with Crippen LogP contribution in [-0.4, -0.2) is 153 Å². The van der Waals surface area contributed by atoms with Gasteiger partial charge < -0.3 is 60.1 Å². The summed E-state index contributed by atoms with van der Waals surface area (Å²) in [5.41, 5.74) is 0. The fourth-order valence-electron chi connectivity index (χ4n) is 5.45. The van der Waals surface area contributed by atoms with Crippen molar-refractivity contribution < 1.29 is 62.3 Å². The van der Waals surface area contributed by atoms with Gasteiger partial charge in [0.15, 0.2) is 0 Å². The molecule has 0 bridgehead atoms. The molecule has 18 heteroatoms. The van der Waals surface area contributed by atoms with E-state index in [1.807, 2.05) is 0 Å². The average molecular weight is 848 g/mol. The standard InChI is InChI=1S/C41H77N5O13/c1-42-38(49)33-57-30-27-55-25-22-45-40(51)35-59-32-29-56-26-23-46-39(50)34-58-31-28-54-24-21-44-37(48)18-16-20-43-36(47)17-14-12-10-8-6-4-2-3-5-7-9-11-13-15-19-41(52)53/h2-35H2,1H3,(H,42,49)(H,43,47)(H,44,48)(H,45,51)(H,46,50)(H,52,53). The first-order valence-corrected chi connectivity index (χ1v) is 21.7. The van der Waals surface area contributed by atoms with Gasteiger partial charge in [0.1, 0.15) is 19.8 Å². The lowest BCUT2D eigenvalue weighted by Gasteiger charge is -2.09. The molecule has 0 atom stereocenters. The lowest BCUT2D eigenvalue weighted by Crippen LogP contribution is -2.32. The van der Waals surface area contributed by atoms with Gasteiger partial charge in [-0.05, 0) is 19.3 Å². The molecule has 0 aliphatic carbocycles. The fourth-order valence-corrected chi connectivity index (χ4v) is 5.45. The number of carboxylic acid groups (broad SMARTS) is 1. The summed E-state index contributed by atoms with van der Waals surface area (Å²) in [7, 11) is 1.53. The number of hydrogen-bond donors (Lipinski definition) is 6. The van der Waals surface area contributed by atoms with Gasteiger partial charge in [-0.1, -0.05) is 77.0 Å². The van der Waals surface area contributed by atoms with Crippen molar-refractivity contribution in [3.8, 4) is 0 Å². The van der Waals surface area contributed by atoms with Gasteiger partial charge in [-0.3, -0.25) is 28.8 Å². The van der Waals surface area contributed by atoms with Crippen LogP contribution in [0.4, 0.5) is 0 Å². The van der Waals surface area contributed by atoms with Crippen molar-refractivity contribution in [2.75, 3.05) is 113 Å². The molecule has 6 N–H and O–H groups in total. The topological polar surface area (TPSA) is 238 Å². The Kier molecular flexibility index (Phi) is 41.6. The number of nitrogens with one attached hydrogen (secondary N) is 5. The SMILES string of the molecule is CNC(=O)COCCOCCNC(=O)COCCOCCNC(=O)COCCOCCNC(=O)CCCNC(=O)CCCCCCCCCCCCCCCCC(=O)O. The van der Waals surface area contributed by atoms with Crippen molar-refractivity contribution in [2.45, 2.75) is 116 Å². The predicted molar refractivity (Wildman–Crippen MR) is 222 cm³/mol. The Balaban J connectivity index is 3.38. The van der Waals surface area contributed by atoms with Crippen LogP contribution in [-0.2, 0) is 57.2 Å². The molecular formula is C41H77N5O13. The number of amides is 5. The Bertz CT molecular complexity index is 1070. The molecule has 0 spiro atoms. The van der Waals surface area contributed by atoms with Crippen LogP contribution in [0.2, 0.25) is 0 Å². The first kappa shape index (κ1) is 55.6. The summed E-state index contributed by atoms with van der Waals surface area (Å²) < 4.78 is 31.7. The molecule has 0 heterocycles. The smallest absolute Gasteiger partial charge is 0.303 e. The second kappa shape index (κ2) is 44.1. The largest absolute Gasteiger partial charge is 0.481 e. The summed E-state index contributed by atoms with van der Waals surface area (Å²) in [6.07, 6.45) is 17.8. The zero-order valence-electron chi connectivity index (χ0n) is 35.9. The Morgan fingerprint density at radius 2 is 0.644 bits per heavy atom. The molecule has 5 amide bonds. The average Bonchev–Trinajstić information content (AvgIpc) is 3.21. The number of carbonyl (C=O) groups is 6. The molecule has 0 aromatic rings. The molecule has 0 fully saturated rings. The van der Waals surface area contributed by atoms with Crippen LogP contribution in [0.25, 0.3) is 0 Å². The van der Waals surface area contributed by atoms with Crippen LogP contribution in [0.15, 0.2) is 0 Å². The fraction of sp³-hybridized carbons (Fsp3) is 0.854. The van der Waals surface area contributed by atoms with E-state index in [0.717, 1.165) is 38.5 Å². The Morgan fingerprint density at radius 1 is 0.339 bits per heavy atom. The van der Waals surface area contributed by atoms with E-state index in [9.17, 15) is 28.8 Å². The molecule has 0 saturated heterocycles. The number of hydrogen-bond acceptors (Lipinski definition) is 12. The van der Waals surface area contributed by atoms with Crippen molar-refractivity contribution >= 4 is 35.5 Å². The molecule has 0 aliphatic rings. The van der Waals surface area contributed by atoms with Crippen molar-refractivity contribution in [1.29, 1.82) is 0 Å². The molecule has 0 aliphatic heterocycles. The Hall–Kier alpha value is -3.42. The third-order valence-corrected chi connectivity index (χ3v) is 8.75. The minimum absolute atomic E-state index is 0.0216. The second-order valence-corrected chi connectivity index (χ2v) is 14.0. The maximum absolute atomic E-state index is 12.1. The molecule has 344 valence electrons. The predicted octanol–water partition coefficient (Wildman–Crippen LogP) is 2.40. The highest BCUT2D eigenvalue weighted by Crippen LogP contribution is 2.13. The van der Waals surface area contributed by atoms with Gasteiger partial charge in [-0.25, -0.2) is 0 Å². The highest BCUT2D eigenvalue weighted by Gasteiger charge is 2.06.